The number of nitrogens with one attached hydrogen (secondary N) is 1. The average Bonchev–Trinajstić information content (AvgIpc) is 2.13. The largest absolute Gasteiger partial charge is 0.315 e. The van der Waals surface area contributed by atoms with Gasteiger partial charge in [0, 0.05) is 29.9 Å². The monoisotopic (exact) mass is 242 g/mol. The van der Waals surface area contributed by atoms with E-state index >= 15 is 0 Å². The van der Waals surface area contributed by atoms with Crippen molar-refractivity contribution in [2.75, 3.05) is 13.1 Å². The molecule has 1 N–H and O–H groups in total. The van der Waals surface area contributed by atoms with Crippen molar-refractivity contribution in [2.45, 2.75) is 11.8 Å². The van der Waals surface area contributed by atoms with Gasteiger partial charge in [0.2, 0.25) is 0 Å². The molecule has 0 aromatic heterocycles. The second-order valence-electron chi connectivity index (χ2n) is 3.73. The van der Waals surface area contributed by atoms with Crippen molar-refractivity contribution in [3.8, 4) is 6.07 Å². The van der Waals surface area contributed by atoms with Crippen LogP contribution in [0.3, 0.4) is 0 Å². The van der Waals surface area contributed by atoms with Crippen LogP contribution in [-0.4, -0.2) is 13.1 Å². The smallest absolute Gasteiger partial charge is 0.0632 e. The highest BCUT2D eigenvalue weighted by Crippen LogP contribution is 2.32. The first-order valence-electron chi connectivity index (χ1n) is 4.61. The van der Waals surface area contributed by atoms with Crippen LogP contribution in [0.2, 0.25) is 5.02 Å². The standard InChI is InChI=1S/C11H11ClN2.ClH/c12-10-3-1-9(2-4-10)11(5-6-13)7-14-8-11;/h1-4,14H,5,7-8H2;1H. The molecule has 1 aromatic carbocycles. The lowest BCUT2D eigenvalue weighted by Gasteiger charge is -2.41. The van der Waals surface area contributed by atoms with Gasteiger partial charge in [-0.2, -0.15) is 5.26 Å². The van der Waals surface area contributed by atoms with Crippen LogP contribution in [0.1, 0.15) is 12.0 Å². The van der Waals surface area contributed by atoms with Gasteiger partial charge < -0.3 is 5.32 Å². The number of hydrogen-bond donors (Lipinski definition) is 1. The van der Waals surface area contributed by atoms with Gasteiger partial charge in [-0.15, -0.1) is 12.4 Å². The summed E-state index contributed by atoms with van der Waals surface area (Å²) >= 11 is 5.82. The van der Waals surface area contributed by atoms with Gasteiger partial charge in [-0.05, 0) is 17.7 Å². The molecule has 1 saturated heterocycles. The van der Waals surface area contributed by atoms with E-state index in [2.05, 4.69) is 11.4 Å². The maximum atomic E-state index is 8.78. The molecule has 0 saturated carbocycles. The Balaban J connectivity index is 0.00000112. The molecule has 1 heterocycles. The van der Waals surface area contributed by atoms with Crippen molar-refractivity contribution < 1.29 is 0 Å². The van der Waals surface area contributed by atoms with Crippen LogP contribution in [-0.2, 0) is 5.41 Å². The van der Waals surface area contributed by atoms with Gasteiger partial charge in [0.15, 0.2) is 0 Å². The van der Waals surface area contributed by atoms with Crippen molar-refractivity contribution in [1.29, 1.82) is 5.26 Å². The minimum Gasteiger partial charge on any atom is -0.315 e. The van der Waals surface area contributed by atoms with Gasteiger partial charge in [0.25, 0.3) is 0 Å². The first-order chi connectivity index (χ1) is 6.77. The number of benzene rings is 1. The van der Waals surface area contributed by atoms with E-state index in [1.807, 2.05) is 24.3 Å². The van der Waals surface area contributed by atoms with E-state index in [-0.39, 0.29) is 17.8 Å². The number of halogens is 2. The molecule has 0 unspecified atom stereocenters. The molecule has 0 bridgehead atoms. The SMILES string of the molecule is Cl.N#CCC1(c2ccc(Cl)cc2)CNC1. The van der Waals surface area contributed by atoms with Crippen LogP contribution >= 0.6 is 24.0 Å². The van der Waals surface area contributed by atoms with E-state index in [1.165, 1.54) is 5.56 Å². The Morgan fingerprint density at radius 2 is 1.93 bits per heavy atom. The highest BCUT2D eigenvalue weighted by molar-refractivity contribution is 6.30. The summed E-state index contributed by atoms with van der Waals surface area (Å²) < 4.78 is 0. The Kier molecular flexibility index (Phi) is 3.98. The van der Waals surface area contributed by atoms with Gasteiger partial charge >= 0.3 is 0 Å². The maximum Gasteiger partial charge on any atom is 0.0632 e. The molecule has 0 aliphatic carbocycles. The summed E-state index contributed by atoms with van der Waals surface area (Å²) in [7, 11) is 0. The molecule has 4 heteroatoms. The first-order valence-corrected chi connectivity index (χ1v) is 4.98. The zero-order valence-corrected chi connectivity index (χ0v) is 9.74. The topological polar surface area (TPSA) is 35.8 Å². The third-order valence-corrected chi connectivity index (χ3v) is 3.05. The van der Waals surface area contributed by atoms with Crippen molar-refractivity contribution >= 4 is 24.0 Å². The van der Waals surface area contributed by atoms with Gasteiger partial charge in [0.1, 0.15) is 0 Å². The van der Waals surface area contributed by atoms with Crippen LogP contribution in [0, 0.1) is 11.3 Å². The molecule has 1 fully saturated rings. The molecule has 1 aliphatic rings. The number of nitrogens with zero attached hydrogens (tertiary/aromatic N) is 1. The van der Waals surface area contributed by atoms with E-state index < -0.39 is 0 Å². The van der Waals surface area contributed by atoms with E-state index in [1.54, 1.807) is 0 Å². The summed E-state index contributed by atoms with van der Waals surface area (Å²) in [5, 5.41) is 12.7. The molecule has 0 atom stereocenters. The van der Waals surface area contributed by atoms with Gasteiger partial charge in [-0.25, -0.2) is 0 Å². The molecule has 2 nitrogen and oxygen atoms in total. The molecular weight excluding hydrogens is 231 g/mol. The molecule has 0 spiro atoms. The van der Waals surface area contributed by atoms with E-state index in [9.17, 15) is 0 Å². The first kappa shape index (κ1) is 12.3. The fourth-order valence-electron chi connectivity index (χ4n) is 1.81. The molecular formula is C11H12Cl2N2. The Morgan fingerprint density at radius 1 is 1.33 bits per heavy atom. The summed E-state index contributed by atoms with van der Waals surface area (Å²) in [6, 6.07) is 10.0. The molecule has 15 heavy (non-hydrogen) atoms. The number of nitriles is 1. The van der Waals surface area contributed by atoms with Crippen LogP contribution in [0.25, 0.3) is 0 Å². The number of hydrogen-bond acceptors (Lipinski definition) is 2. The van der Waals surface area contributed by atoms with Crippen molar-refractivity contribution in [2.24, 2.45) is 0 Å². The highest BCUT2D eigenvalue weighted by atomic mass is 35.5. The Hall–Kier alpha value is -0.750. The fourth-order valence-corrected chi connectivity index (χ4v) is 1.94. The molecule has 0 amide bonds. The summed E-state index contributed by atoms with van der Waals surface area (Å²) in [6.07, 6.45) is 0.571. The molecule has 80 valence electrons. The molecule has 2 rings (SSSR count). The second kappa shape index (κ2) is 4.85. The minimum atomic E-state index is 0. The van der Waals surface area contributed by atoms with Crippen LogP contribution in [0.15, 0.2) is 24.3 Å². The molecule has 1 aromatic rings. The van der Waals surface area contributed by atoms with Crippen LogP contribution in [0.5, 0.6) is 0 Å². The van der Waals surface area contributed by atoms with Crippen molar-refractivity contribution in [3.05, 3.63) is 34.9 Å². The number of rotatable bonds is 2. The van der Waals surface area contributed by atoms with Gasteiger partial charge in [-0.3, -0.25) is 0 Å². The van der Waals surface area contributed by atoms with Gasteiger partial charge in [0.05, 0.1) is 6.07 Å². The van der Waals surface area contributed by atoms with Crippen LogP contribution in [0.4, 0.5) is 0 Å². The lowest BCUT2D eigenvalue weighted by atomic mass is 9.73. The molecule has 0 radical (unpaired) electrons. The summed E-state index contributed by atoms with van der Waals surface area (Å²) in [6.45, 7) is 1.78. The van der Waals surface area contributed by atoms with Gasteiger partial charge in [-0.1, -0.05) is 23.7 Å². The fraction of sp³-hybridized carbons (Fsp3) is 0.364. The normalized spacial score (nSPS) is 17.1. The molecule has 1 aliphatic heterocycles. The van der Waals surface area contributed by atoms with E-state index in [0.717, 1.165) is 18.1 Å². The summed E-state index contributed by atoms with van der Waals surface area (Å²) in [5.74, 6) is 0. The van der Waals surface area contributed by atoms with Crippen LogP contribution < -0.4 is 5.32 Å². The third-order valence-electron chi connectivity index (χ3n) is 2.80. The van der Waals surface area contributed by atoms with E-state index in [0.29, 0.717) is 6.42 Å². The average molecular weight is 243 g/mol. The predicted molar refractivity (Wildman–Crippen MR) is 63.5 cm³/mol. The highest BCUT2D eigenvalue weighted by Gasteiger charge is 2.38. The Bertz CT molecular complexity index is 363. The summed E-state index contributed by atoms with van der Waals surface area (Å²) in [5.41, 5.74) is 1.24. The lowest BCUT2D eigenvalue weighted by molar-refractivity contribution is 0.282. The lowest BCUT2D eigenvalue weighted by Crippen LogP contribution is -2.56. The zero-order chi connectivity index (χ0) is 10.0. The Morgan fingerprint density at radius 3 is 2.33 bits per heavy atom. The van der Waals surface area contributed by atoms with E-state index in [4.69, 9.17) is 16.9 Å². The second-order valence-corrected chi connectivity index (χ2v) is 4.16. The quantitative estimate of drug-likeness (QED) is 0.866. The maximum absolute atomic E-state index is 8.78. The summed E-state index contributed by atoms with van der Waals surface area (Å²) in [4.78, 5) is 0. The Labute approximate surface area is 101 Å². The predicted octanol–water partition coefficient (Wildman–Crippen LogP) is 2.52. The minimum absolute atomic E-state index is 0. The third kappa shape index (κ3) is 2.26. The van der Waals surface area contributed by atoms with Crippen molar-refractivity contribution in [3.63, 3.8) is 0 Å². The van der Waals surface area contributed by atoms with Crippen molar-refractivity contribution in [1.82, 2.24) is 5.32 Å². The zero-order valence-electron chi connectivity index (χ0n) is 8.16.